The molecule has 2 rings (SSSR count). The summed E-state index contributed by atoms with van der Waals surface area (Å²) in [6.07, 6.45) is 1.09. The molecule has 1 aromatic rings. The van der Waals surface area contributed by atoms with Crippen LogP contribution in [0.4, 0.5) is 0 Å². The van der Waals surface area contributed by atoms with E-state index < -0.39 is 0 Å². The highest BCUT2D eigenvalue weighted by atomic mass is 35.5. The molecule has 16 heavy (non-hydrogen) atoms. The van der Waals surface area contributed by atoms with E-state index in [4.69, 9.17) is 21.1 Å². The van der Waals surface area contributed by atoms with Gasteiger partial charge in [0, 0.05) is 18.0 Å². The molecule has 1 saturated heterocycles. The van der Waals surface area contributed by atoms with E-state index in [1.807, 2.05) is 12.1 Å². The van der Waals surface area contributed by atoms with Crippen LogP contribution in [0.1, 0.15) is 17.9 Å². The van der Waals surface area contributed by atoms with E-state index in [9.17, 15) is 0 Å². The molecule has 1 aliphatic heterocycles. The van der Waals surface area contributed by atoms with E-state index in [-0.39, 0.29) is 0 Å². The summed E-state index contributed by atoms with van der Waals surface area (Å²) < 4.78 is 10.8. The molecular formula is C12H16ClNO2. The van der Waals surface area contributed by atoms with Crippen LogP contribution in [0.2, 0.25) is 5.02 Å². The van der Waals surface area contributed by atoms with Crippen LogP contribution in [0.5, 0.6) is 11.5 Å². The third kappa shape index (κ3) is 1.97. The molecule has 0 aromatic heterocycles. The molecular weight excluding hydrogens is 226 g/mol. The van der Waals surface area contributed by atoms with Crippen LogP contribution in [0, 0.1) is 0 Å². The minimum absolute atomic E-state index is 0.420. The second-order valence-electron chi connectivity index (χ2n) is 3.89. The van der Waals surface area contributed by atoms with E-state index >= 15 is 0 Å². The van der Waals surface area contributed by atoms with Crippen LogP contribution >= 0.6 is 11.6 Å². The van der Waals surface area contributed by atoms with Gasteiger partial charge in [-0.25, -0.2) is 0 Å². The second kappa shape index (κ2) is 4.93. The molecule has 88 valence electrons. The van der Waals surface area contributed by atoms with Gasteiger partial charge in [0.05, 0.1) is 19.2 Å². The Morgan fingerprint density at radius 3 is 2.69 bits per heavy atom. The maximum absolute atomic E-state index is 6.14. The quantitative estimate of drug-likeness (QED) is 0.882. The summed E-state index contributed by atoms with van der Waals surface area (Å²) in [6, 6.07) is 3.71. The van der Waals surface area contributed by atoms with Gasteiger partial charge in [-0.2, -0.15) is 0 Å². The topological polar surface area (TPSA) is 30.5 Å². The van der Waals surface area contributed by atoms with E-state index in [2.05, 4.69) is 5.32 Å². The zero-order chi connectivity index (χ0) is 11.5. The van der Waals surface area contributed by atoms with Crippen LogP contribution in [-0.4, -0.2) is 27.3 Å². The van der Waals surface area contributed by atoms with Gasteiger partial charge in [-0.05, 0) is 25.1 Å². The highest BCUT2D eigenvalue weighted by Crippen LogP contribution is 2.42. The molecule has 1 atom stereocenters. The summed E-state index contributed by atoms with van der Waals surface area (Å²) in [6.45, 7) is 1.98. The van der Waals surface area contributed by atoms with Crippen molar-refractivity contribution in [3.8, 4) is 11.5 Å². The lowest BCUT2D eigenvalue weighted by Gasteiger charge is -2.18. The van der Waals surface area contributed by atoms with Crippen molar-refractivity contribution in [2.24, 2.45) is 0 Å². The van der Waals surface area contributed by atoms with Crippen molar-refractivity contribution in [1.29, 1.82) is 0 Å². The molecule has 1 heterocycles. The summed E-state index contributed by atoms with van der Waals surface area (Å²) in [5, 5.41) is 3.98. The summed E-state index contributed by atoms with van der Waals surface area (Å²) >= 11 is 6.14. The van der Waals surface area contributed by atoms with Crippen molar-refractivity contribution >= 4 is 11.6 Å². The molecule has 0 aliphatic carbocycles. The Bertz CT molecular complexity index is 376. The molecule has 1 aliphatic rings. The van der Waals surface area contributed by atoms with Gasteiger partial charge in [0.1, 0.15) is 11.5 Å². The summed E-state index contributed by atoms with van der Waals surface area (Å²) in [5.41, 5.74) is 1.09. The largest absolute Gasteiger partial charge is 0.496 e. The van der Waals surface area contributed by atoms with Crippen LogP contribution in [0.3, 0.4) is 0 Å². The van der Waals surface area contributed by atoms with Crippen molar-refractivity contribution in [3.05, 3.63) is 22.7 Å². The van der Waals surface area contributed by atoms with Crippen LogP contribution in [0.15, 0.2) is 12.1 Å². The van der Waals surface area contributed by atoms with Gasteiger partial charge in [-0.15, -0.1) is 0 Å². The van der Waals surface area contributed by atoms with Gasteiger partial charge in [-0.1, -0.05) is 11.6 Å². The van der Waals surface area contributed by atoms with Gasteiger partial charge in [-0.3, -0.25) is 0 Å². The Kier molecular flexibility index (Phi) is 3.56. The number of rotatable bonds is 3. The summed E-state index contributed by atoms with van der Waals surface area (Å²) in [7, 11) is 3.32. The number of benzene rings is 1. The molecule has 3 nitrogen and oxygen atoms in total. The maximum Gasteiger partial charge on any atom is 0.144 e. The van der Waals surface area contributed by atoms with Crippen LogP contribution < -0.4 is 14.8 Å². The fourth-order valence-electron chi connectivity index (χ4n) is 2.23. The number of hydrogen-bond donors (Lipinski definition) is 1. The third-order valence-corrected chi connectivity index (χ3v) is 3.30. The van der Waals surface area contributed by atoms with Crippen molar-refractivity contribution in [1.82, 2.24) is 5.32 Å². The smallest absolute Gasteiger partial charge is 0.144 e. The molecule has 0 bridgehead atoms. The first-order valence-electron chi connectivity index (χ1n) is 5.39. The normalized spacial score (nSPS) is 19.8. The molecule has 1 fully saturated rings. The van der Waals surface area contributed by atoms with Gasteiger partial charge < -0.3 is 14.8 Å². The van der Waals surface area contributed by atoms with Crippen LogP contribution in [-0.2, 0) is 0 Å². The standard InChI is InChI=1S/C12H16ClNO2/c1-15-10-4-3-9(13)12(16-2)11(10)8-5-6-14-7-8/h3-4,8,14H,5-7H2,1-2H3. The predicted molar refractivity (Wildman–Crippen MR) is 64.8 cm³/mol. The monoisotopic (exact) mass is 241 g/mol. The molecule has 1 N–H and O–H groups in total. The minimum atomic E-state index is 0.420. The lowest BCUT2D eigenvalue weighted by Crippen LogP contribution is -2.10. The molecule has 1 aromatic carbocycles. The predicted octanol–water partition coefficient (Wildman–Crippen LogP) is 2.43. The fourth-order valence-corrected chi connectivity index (χ4v) is 2.47. The van der Waals surface area contributed by atoms with E-state index in [1.165, 1.54) is 0 Å². The lowest BCUT2D eigenvalue weighted by molar-refractivity contribution is 0.380. The third-order valence-electron chi connectivity index (χ3n) is 3.00. The molecule has 0 spiro atoms. The molecule has 4 heteroatoms. The first-order valence-corrected chi connectivity index (χ1v) is 5.76. The Labute approximate surface area is 101 Å². The number of nitrogens with one attached hydrogen (secondary N) is 1. The highest BCUT2D eigenvalue weighted by Gasteiger charge is 2.25. The van der Waals surface area contributed by atoms with Crippen molar-refractivity contribution in [2.45, 2.75) is 12.3 Å². The van der Waals surface area contributed by atoms with E-state index in [1.54, 1.807) is 14.2 Å². The zero-order valence-corrected chi connectivity index (χ0v) is 10.3. The number of methoxy groups -OCH3 is 2. The summed E-state index contributed by atoms with van der Waals surface area (Å²) in [4.78, 5) is 0. The second-order valence-corrected chi connectivity index (χ2v) is 4.29. The number of hydrogen-bond acceptors (Lipinski definition) is 3. The molecule has 0 radical (unpaired) electrons. The fraction of sp³-hybridized carbons (Fsp3) is 0.500. The molecule has 1 unspecified atom stereocenters. The SMILES string of the molecule is COc1ccc(Cl)c(OC)c1C1CCNC1. The Balaban J connectivity index is 2.48. The van der Waals surface area contributed by atoms with E-state index in [0.29, 0.717) is 10.9 Å². The first kappa shape index (κ1) is 11.6. The van der Waals surface area contributed by atoms with Gasteiger partial charge in [0.15, 0.2) is 0 Å². The lowest BCUT2D eigenvalue weighted by atomic mass is 9.96. The average molecular weight is 242 g/mol. The summed E-state index contributed by atoms with van der Waals surface area (Å²) in [5.74, 6) is 2.02. The van der Waals surface area contributed by atoms with Gasteiger partial charge in [0.2, 0.25) is 0 Å². The Morgan fingerprint density at radius 1 is 1.31 bits per heavy atom. The number of ether oxygens (including phenoxy) is 2. The molecule has 0 amide bonds. The van der Waals surface area contributed by atoms with Crippen LogP contribution in [0.25, 0.3) is 0 Å². The van der Waals surface area contributed by atoms with E-state index in [0.717, 1.165) is 36.6 Å². The minimum Gasteiger partial charge on any atom is -0.496 e. The molecule has 0 saturated carbocycles. The van der Waals surface area contributed by atoms with Crippen molar-refractivity contribution in [3.63, 3.8) is 0 Å². The first-order chi connectivity index (χ1) is 7.77. The zero-order valence-electron chi connectivity index (χ0n) is 9.55. The Morgan fingerprint density at radius 2 is 2.12 bits per heavy atom. The highest BCUT2D eigenvalue weighted by molar-refractivity contribution is 6.32. The Hall–Kier alpha value is -0.930. The van der Waals surface area contributed by atoms with Gasteiger partial charge in [0.25, 0.3) is 0 Å². The maximum atomic E-state index is 6.14. The van der Waals surface area contributed by atoms with Gasteiger partial charge >= 0.3 is 0 Å². The number of halogens is 1. The average Bonchev–Trinajstić information content (AvgIpc) is 2.81. The van der Waals surface area contributed by atoms with Crippen molar-refractivity contribution < 1.29 is 9.47 Å². The van der Waals surface area contributed by atoms with Crippen molar-refractivity contribution in [2.75, 3.05) is 27.3 Å².